The van der Waals surface area contributed by atoms with Crippen LogP contribution in [0.15, 0.2) is 71.9 Å². The van der Waals surface area contributed by atoms with E-state index in [0.717, 1.165) is 9.87 Å². The summed E-state index contributed by atoms with van der Waals surface area (Å²) in [6, 6.07) is 14.8. The molecule has 8 heteroatoms. The van der Waals surface area contributed by atoms with Crippen LogP contribution in [0.1, 0.15) is 15.9 Å². The Labute approximate surface area is 168 Å². The molecule has 0 aliphatic heterocycles. The van der Waals surface area contributed by atoms with Gasteiger partial charge in [-0.2, -0.15) is 0 Å². The minimum absolute atomic E-state index is 0.161. The van der Waals surface area contributed by atoms with Crippen LogP contribution >= 0.6 is 11.6 Å². The molecule has 0 bridgehead atoms. The molecule has 0 aliphatic carbocycles. The second-order valence-corrected chi connectivity index (χ2v) is 8.59. The lowest BCUT2D eigenvalue weighted by molar-refractivity contribution is 0.102. The fourth-order valence-corrected chi connectivity index (χ4v) is 3.86. The Morgan fingerprint density at radius 2 is 1.79 bits per heavy atom. The van der Waals surface area contributed by atoms with E-state index >= 15 is 0 Å². The van der Waals surface area contributed by atoms with Gasteiger partial charge >= 0.3 is 0 Å². The van der Waals surface area contributed by atoms with Gasteiger partial charge in [-0.25, -0.2) is 8.42 Å². The number of aryl methyl sites for hydroxylation is 1. The van der Waals surface area contributed by atoms with E-state index in [4.69, 9.17) is 11.6 Å². The Kier molecular flexibility index (Phi) is 5.67. The summed E-state index contributed by atoms with van der Waals surface area (Å²) in [4.78, 5) is 16.7. The smallest absolute Gasteiger partial charge is 0.264 e. The third-order valence-electron chi connectivity index (χ3n) is 4.11. The summed E-state index contributed by atoms with van der Waals surface area (Å²) in [7, 11) is -2.35. The summed E-state index contributed by atoms with van der Waals surface area (Å²) < 4.78 is 26.8. The topological polar surface area (TPSA) is 79.4 Å². The Bertz CT molecular complexity index is 1120. The van der Waals surface area contributed by atoms with Crippen molar-refractivity contribution in [3.8, 4) is 0 Å². The summed E-state index contributed by atoms with van der Waals surface area (Å²) in [6.45, 7) is 1.88. The van der Waals surface area contributed by atoms with Crippen molar-refractivity contribution in [1.82, 2.24) is 4.98 Å². The molecule has 1 amide bonds. The van der Waals surface area contributed by atoms with Gasteiger partial charge in [0.1, 0.15) is 0 Å². The fourth-order valence-electron chi connectivity index (χ4n) is 2.50. The number of carbonyl (C=O) groups excluding carboxylic acids is 1. The van der Waals surface area contributed by atoms with Crippen LogP contribution in [-0.2, 0) is 10.0 Å². The van der Waals surface area contributed by atoms with E-state index in [1.54, 1.807) is 48.5 Å². The third kappa shape index (κ3) is 4.32. The average Bonchev–Trinajstić information content (AvgIpc) is 2.68. The SMILES string of the molecule is Cc1ccc(S(=O)(=O)N(C)c2cncc(C(=O)Nc3cccc(Cl)c3)c2)cc1. The normalized spacial score (nSPS) is 11.1. The highest BCUT2D eigenvalue weighted by Gasteiger charge is 2.22. The number of nitrogens with one attached hydrogen (secondary N) is 1. The first-order valence-corrected chi connectivity index (χ1v) is 10.2. The highest BCUT2D eigenvalue weighted by molar-refractivity contribution is 7.92. The van der Waals surface area contributed by atoms with Gasteiger partial charge in [-0.05, 0) is 43.3 Å². The van der Waals surface area contributed by atoms with Gasteiger partial charge in [0.05, 0.1) is 22.3 Å². The minimum atomic E-state index is -3.77. The Balaban J connectivity index is 1.85. The lowest BCUT2D eigenvalue weighted by Gasteiger charge is -2.19. The molecule has 6 nitrogen and oxygen atoms in total. The molecule has 1 N–H and O–H groups in total. The van der Waals surface area contributed by atoms with Crippen molar-refractivity contribution in [2.24, 2.45) is 0 Å². The zero-order chi connectivity index (χ0) is 20.3. The van der Waals surface area contributed by atoms with Crippen LogP contribution in [-0.4, -0.2) is 26.4 Å². The number of amides is 1. The Hall–Kier alpha value is -2.90. The molecule has 0 aliphatic rings. The number of carbonyl (C=O) groups is 1. The first-order valence-electron chi connectivity index (χ1n) is 8.35. The van der Waals surface area contributed by atoms with E-state index in [9.17, 15) is 13.2 Å². The van der Waals surface area contributed by atoms with Gasteiger partial charge in [-0.15, -0.1) is 0 Å². The minimum Gasteiger partial charge on any atom is -0.322 e. The van der Waals surface area contributed by atoms with Crippen molar-refractivity contribution in [2.75, 3.05) is 16.7 Å². The van der Waals surface area contributed by atoms with Gasteiger partial charge in [0.2, 0.25) is 0 Å². The third-order valence-corrected chi connectivity index (χ3v) is 6.15. The van der Waals surface area contributed by atoms with E-state index in [1.807, 2.05) is 6.92 Å². The molecule has 3 rings (SSSR count). The standard InChI is InChI=1S/C20H18ClN3O3S/c1-14-6-8-19(9-7-14)28(26,27)24(2)18-10-15(12-22-13-18)20(25)23-17-5-3-4-16(21)11-17/h3-13H,1-2H3,(H,23,25). The molecule has 0 saturated carbocycles. The Morgan fingerprint density at radius 1 is 1.07 bits per heavy atom. The molecule has 0 radical (unpaired) electrons. The monoisotopic (exact) mass is 415 g/mol. The van der Waals surface area contributed by atoms with Crippen LogP contribution in [0.3, 0.4) is 0 Å². The number of nitrogens with zero attached hydrogens (tertiary/aromatic N) is 2. The van der Waals surface area contributed by atoms with E-state index in [0.29, 0.717) is 10.7 Å². The van der Waals surface area contributed by atoms with Gasteiger partial charge in [-0.1, -0.05) is 35.4 Å². The van der Waals surface area contributed by atoms with Gasteiger partial charge in [0, 0.05) is 24.0 Å². The zero-order valence-electron chi connectivity index (χ0n) is 15.3. The predicted octanol–water partition coefficient (Wildman–Crippen LogP) is 4.12. The molecule has 3 aromatic rings. The largest absolute Gasteiger partial charge is 0.322 e. The number of aromatic nitrogens is 1. The second kappa shape index (κ2) is 8.00. The molecular formula is C20H18ClN3O3S. The quantitative estimate of drug-likeness (QED) is 0.679. The summed E-state index contributed by atoms with van der Waals surface area (Å²) >= 11 is 5.92. The number of anilines is 2. The number of hydrogen-bond acceptors (Lipinski definition) is 4. The first kappa shape index (κ1) is 19.9. The first-order chi connectivity index (χ1) is 13.3. The van der Waals surface area contributed by atoms with Crippen LogP contribution in [0.2, 0.25) is 5.02 Å². The van der Waals surface area contributed by atoms with Crippen LogP contribution in [0.4, 0.5) is 11.4 Å². The van der Waals surface area contributed by atoms with Gasteiger partial charge in [0.15, 0.2) is 0 Å². The maximum Gasteiger partial charge on any atom is 0.264 e. The van der Waals surface area contributed by atoms with Crippen molar-refractivity contribution in [2.45, 2.75) is 11.8 Å². The molecule has 0 unspecified atom stereocenters. The van der Waals surface area contributed by atoms with Crippen molar-refractivity contribution in [3.05, 3.63) is 83.1 Å². The van der Waals surface area contributed by atoms with E-state index in [1.165, 1.54) is 25.5 Å². The number of sulfonamides is 1. The summed E-state index contributed by atoms with van der Waals surface area (Å²) in [5.41, 5.74) is 1.99. The van der Waals surface area contributed by atoms with Crippen molar-refractivity contribution >= 4 is 38.9 Å². The highest BCUT2D eigenvalue weighted by Crippen LogP contribution is 2.23. The highest BCUT2D eigenvalue weighted by atomic mass is 35.5. The summed E-state index contributed by atoms with van der Waals surface area (Å²) in [5, 5.41) is 3.20. The van der Waals surface area contributed by atoms with Crippen molar-refractivity contribution in [1.29, 1.82) is 0 Å². The molecule has 0 atom stereocenters. The molecule has 28 heavy (non-hydrogen) atoms. The maximum absolute atomic E-state index is 12.8. The number of pyridine rings is 1. The predicted molar refractivity (Wildman–Crippen MR) is 110 cm³/mol. The van der Waals surface area contributed by atoms with Crippen molar-refractivity contribution < 1.29 is 13.2 Å². The van der Waals surface area contributed by atoms with E-state index < -0.39 is 15.9 Å². The number of hydrogen-bond donors (Lipinski definition) is 1. The van der Waals surface area contributed by atoms with Gasteiger partial charge in [0.25, 0.3) is 15.9 Å². The zero-order valence-corrected chi connectivity index (χ0v) is 16.8. The molecular weight excluding hydrogens is 398 g/mol. The van der Waals surface area contributed by atoms with E-state index in [2.05, 4.69) is 10.3 Å². The van der Waals surface area contributed by atoms with Crippen LogP contribution < -0.4 is 9.62 Å². The van der Waals surface area contributed by atoms with E-state index in [-0.39, 0.29) is 16.1 Å². The summed E-state index contributed by atoms with van der Waals surface area (Å²) in [5.74, 6) is -0.419. The van der Waals surface area contributed by atoms with Crippen LogP contribution in [0.5, 0.6) is 0 Å². The fraction of sp³-hybridized carbons (Fsp3) is 0.100. The van der Waals surface area contributed by atoms with Crippen LogP contribution in [0.25, 0.3) is 0 Å². The molecule has 0 spiro atoms. The van der Waals surface area contributed by atoms with Crippen molar-refractivity contribution in [3.63, 3.8) is 0 Å². The Morgan fingerprint density at radius 3 is 2.46 bits per heavy atom. The summed E-state index contributed by atoms with van der Waals surface area (Å²) in [6.07, 6.45) is 2.76. The molecule has 1 heterocycles. The molecule has 144 valence electrons. The maximum atomic E-state index is 12.8. The average molecular weight is 416 g/mol. The van der Waals surface area contributed by atoms with Gasteiger partial charge < -0.3 is 5.32 Å². The molecule has 0 saturated heterocycles. The number of halogens is 1. The van der Waals surface area contributed by atoms with Gasteiger partial charge in [-0.3, -0.25) is 14.1 Å². The second-order valence-electron chi connectivity index (χ2n) is 6.18. The lowest BCUT2D eigenvalue weighted by Crippen LogP contribution is -2.27. The number of benzene rings is 2. The van der Waals surface area contributed by atoms with Crippen LogP contribution in [0, 0.1) is 6.92 Å². The molecule has 1 aromatic heterocycles. The molecule has 0 fully saturated rings. The molecule has 2 aromatic carbocycles. The lowest BCUT2D eigenvalue weighted by atomic mass is 10.2. The number of rotatable bonds is 5.